The van der Waals surface area contributed by atoms with Gasteiger partial charge in [-0.25, -0.2) is 9.97 Å². The molecule has 27 heavy (non-hydrogen) atoms. The number of aromatic hydroxyl groups is 1. The summed E-state index contributed by atoms with van der Waals surface area (Å²) in [7, 11) is 0. The van der Waals surface area contributed by atoms with Gasteiger partial charge in [0.25, 0.3) is 0 Å². The van der Waals surface area contributed by atoms with E-state index in [9.17, 15) is 9.90 Å². The summed E-state index contributed by atoms with van der Waals surface area (Å²) in [5, 5.41) is 10.1. The minimum atomic E-state index is 0.130. The first kappa shape index (κ1) is 17.5. The Morgan fingerprint density at radius 3 is 2.48 bits per heavy atom. The number of allylic oxidation sites excluding steroid dienone is 2. The molecule has 2 aliphatic rings. The summed E-state index contributed by atoms with van der Waals surface area (Å²) in [4.78, 5) is 25.9. The first-order valence-corrected chi connectivity index (χ1v) is 9.44. The Labute approximate surface area is 159 Å². The Balaban J connectivity index is 1.48. The third kappa shape index (κ3) is 3.65. The predicted octanol–water partition coefficient (Wildman–Crippen LogP) is 2.77. The summed E-state index contributed by atoms with van der Waals surface area (Å²) in [5.41, 5.74) is 1.48. The van der Waals surface area contributed by atoms with Crippen LogP contribution in [-0.2, 0) is 4.79 Å². The number of amides is 1. The van der Waals surface area contributed by atoms with Gasteiger partial charge < -0.3 is 14.9 Å². The molecule has 0 atom stereocenters. The Hall–Kier alpha value is -2.89. The summed E-state index contributed by atoms with van der Waals surface area (Å²) in [6.45, 7) is 4.86. The molecule has 1 aromatic heterocycles. The number of piperazine rings is 1. The Bertz CT molecular complexity index is 864. The van der Waals surface area contributed by atoms with Gasteiger partial charge in [-0.05, 0) is 31.9 Å². The summed E-state index contributed by atoms with van der Waals surface area (Å²) in [6.07, 6.45) is 5.94. The van der Waals surface area contributed by atoms with E-state index in [1.807, 2.05) is 30.0 Å². The lowest BCUT2D eigenvalue weighted by atomic mass is 10.1. The number of hydrogen-bond acceptors (Lipinski definition) is 5. The minimum Gasteiger partial charge on any atom is -0.507 e. The topological polar surface area (TPSA) is 69.6 Å². The van der Waals surface area contributed by atoms with Crippen molar-refractivity contribution in [3.05, 3.63) is 48.2 Å². The Morgan fingerprint density at radius 2 is 1.78 bits per heavy atom. The molecule has 2 aromatic rings. The van der Waals surface area contributed by atoms with Crippen molar-refractivity contribution >= 4 is 11.7 Å². The zero-order valence-corrected chi connectivity index (χ0v) is 15.5. The standard InChI is InChI=1S/C21H24N4O2/c1-15-14-19(23-20(22-15)17-8-4-5-9-18(17)26)24-10-12-25(13-11-24)21(27)16-6-2-3-7-16/h2-5,8-9,14,16,26H,6-7,10-13H2,1H3. The van der Waals surface area contributed by atoms with Gasteiger partial charge in [0.2, 0.25) is 5.91 Å². The van der Waals surface area contributed by atoms with Crippen LogP contribution in [0.3, 0.4) is 0 Å². The molecule has 6 nitrogen and oxygen atoms in total. The fourth-order valence-corrected chi connectivity index (χ4v) is 3.73. The highest BCUT2D eigenvalue weighted by Gasteiger charge is 2.28. The maximum Gasteiger partial charge on any atom is 0.226 e. The second-order valence-corrected chi connectivity index (χ2v) is 7.16. The second kappa shape index (κ2) is 7.39. The molecule has 1 amide bonds. The van der Waals surface area contributed by atoms with Crippen molar-refractivity contribution < 1.29 is 9.90 Å². The minimum absolute atomic E-state index is 0.130. The largest absolute Gasteiger partial charge is 0.507 e. The quantitative estimate of drug-likeness (QED) is 0.848. The van der Waals surface area contributed by atoms with Gasteiger partial charge in [0.15, 0.2) is 5.82 Å². The SMILES string of the molecule is Cc1cc(N2CCN(C(=O)C3CC=CC3)CC2)nc(-c2ccccc2O)n1. The number of benzene rings is 1. The van der Waals surface area contributed by atoms with Crippen LogP contribution in [0.25, 0.3) is 11.4 Å². The van der Waals surface area contributed by atoms with E-state index >= 15 is 0 Å². The van der Waals surface area contributed by atoms with Crippen LogP contribution in [0.2, 0.25) is 0 Å². The number of carbonyl (C=O) groups excluding carboxylic acids is 1. The monoisotopic (exact) mass is 364 g/mol. The molecule has 0 bridgehead atoms. The molecule has 1 aliphatic carbocycles. The molecule has 0 spiro atoms. The number of anilines is 1. The molecular weight excluding hydrogens is 340 g/mol. The van der Waals surface area contributed by atoms with Crippen molar-refractivity contribution in [3.63, 3.8) is 0 Å². The fourth-order valence-electron chi connectivity index (χ4n) is 3.73. The number of para-hydroxylation sites is 1. The van der Waals surface area contributed by atoms with E-state index in [0.717, 1.165) is 37.4 Å². The van der Waals surface area contributed by atoms with E-state index in [1.54, 1.807) is 12.1 Å². The van der Waals surface area contributed by atoms with Gasteiger partial charge in [-0.2, -0.15) is 0 Å². The van der Waals surface area contributed by atoms with Gasteiger partial charge in [-0.1, -0.05) is 24.3 Å². The van der Waals surface area contributed by atoms with E-state index in [1.165, 1.54) is 0 Å². The molecular formula is C21H24N4O2. The van der Waals surface area contributed by atoms with Crippen molar-refractivity contribution in [2.24, 2.45) is 5.92 Å². The van der Waals surface area contributed by atoms with E-state index in [2.05, 4.69) is 27.0 Å². The van der Waals surface area contributed by atoms with Crippen LogP contribution < -0.4 is 4.90 Å². The maximum absolute atomic E-state index is 12.6. The number of aryl methyl sites for hydroxylation is 1. The lowest BCUT2D eigenvalue weighted by Gasteiger charge is -2.36. The first-order chi connectivity index (χ1) is 13.1. The van der Waals surface area contributed by atoms with E-state index in [-0.39, 0.29) is 17.6 Å². The number of rotatable bonds is 3. The predicted molar refractivity (Wildman–Crippen MR) is 105 cm³/mol. The van der Waals surface area contributed by atoms with Crippen LogP contribution in [0.15, 0.2) is 42.5 Å². The van der Waals surface area contributed by atoms with Gasteiger partial charge in [-0.15, -0.1) is 0 Å². The van der Waals surface area contributed by atoms with Crippen LogP contribution in [-0.4, -0.2) is 52.1 Å². The third-order valence-corrected chi connectivity index (χ3v) is 5.26. The van der Waals surface area contributed by atoms with Crippen LogP contribution >= 0.6 is 0 Å². The van der Waals surface area contributed by atoms with Crippen molar-refractivity contribution in [1.82, 2.24) is 14.9 Å². The van der Waals surface area contributed by atoms with Crippen LogP contribution in [0, 0.1) is 12.8 Å². The molecule has 0 unspecified atom stereocenters. The maximum atomic E-state index is 12.6. The number of aromatic nitrogens is 2. The first-order valence-electron chi connectivity index (χ1n) is 9.44. The van der Waals surface area contributed by atoms with Crippen LogP contribution in [0.4, 0.5) is 5.82 Å². The Morgan fingerprint density at radius 1 is 1.07 bits per heavy atom. The molecule has 4 rings (SSSR count). The summed E-state index contributed by atoms with van der Waals surface area (Å²) < 4.78 is 0. The average Bonchev–Trinajstić information content (AvgIpc) is 3.22. The zero-order valence-electron chi connectivity index (χ0n) is 15.5. The number of phenols is 1. The fraction of sp³-hybridized carbons (Fsp3) is 0.381. The lowest BCUT2D eigenvalue weighted by Crippen LogP contribution is -2.50. The van der Waals surface area contributed by atoms with Gasteiger partial charge in [-0.3, -0.25) is 4.79 Å². The highest BCUT2D eigenvalue weighted by molar-refractivity contribution is 5.80. The molecule has 0 radical (unpaired) electrons. The van der Waals surface area contributed by atoms with Crippen molar-refractivity contribution in [2.75, 3.05) is 31.1 Å². The molecule has 0 saturated carbocycles. The van der Waals surface area contributed by atoms with E-state index < -0.39 is 0 Å². The third-order valence-electron chi connectivity index (χ3n) is 5.26. The average molecular weight is 364 g/mol. The zero-order chi connectivity index (χ0) is 18.8. The molecule has 1 aliphatic heterocycles. The highest BCUT2D eigenvalue weighted by Crippen LogP contribution is 2.28. The molecule has 1 aromatic carbocycles. The normalized spacial score (nSPS) is 17.5. The molecule has 2 heterocycles. The van der Waals surface area contributed by atoms with Gasteiger partial charge >= 0.3 is 0 Å². The number of phenolic OH excluding ortho intramolecular Hbond substituents is 1. The second-order valence-electron chi connectivity index (χ2n) is 7.16. The number of nitrogens with zero attached hydrogens (tertiary/aromatic N) is 4. The molecule has 1 saturated heterocycles. The molecule has 1 N–H and O–H groups in total. The van der Waals surface area contributed by atoms with Crippen LogP contribution in [0.1, 0.15) is 18.5 Å². The Kier molecular flexibility index (Phi) is 4.79. The lowest BCUT2D eigenvalue weighted by molar-refractivity contribution is -0.135. The van der Waals surface area contributed by atoms with E-state index in [0.29, 0.717) is 24.5 Å². The van der Waals surface area contributed by atoms with E-state index in [4.69, 9.17) is 0 Å². The number of hydrogen-bond donors (Lipinski definition) is 1. The van der Waals surface area contributed by atoms with Gasteiger partial charge in [0, 0.05) is 43.9 Å². The van der Waals surface area contributed by atoms with Gasteiger partial charge in [0.05, 0.1) is 5.56 Å². The van der Waals surface area contributed by atoms with Crippen molar-refractivity contribution in [2.45, 2.75) is 19.8 Å². The van der Waals surface area contributed by atoms with Crippen LogP contribution in [0.5, 0.6) is 5.75 Å². The molecule has 1 fully saturated rings. The summed E-state index contributed by atoms with van der Waals surface area (Å²) >= 11 is 0. The van der Waals surface area contributed by atoms with Gasteiger partial charge in [0.1, 0.15) is 11.6 Å². The van der Waals surface area contributed by atoms with Crippen molar-refractivity contribution in [1.29, 1.82) is 0 Å². The summed E-state index contributed by atoms with van der Waals surface area (Å²) in [5.74, 6) is 1.95. The molecule has 140 valence electrons. The number of carbonyl (C=O) groups is 1. The smallest absolute Gasteiger partial charge is 0.226 e. The molecule has 6 heteroatoms. The van der Waals surface area contributed by atoms with Crippen molar-refractivity contribution in [3.8, 4) is 17.1 Å². The summed E-state index contributed by atoms with van der Waals surface area (Å²) in [6, 6.07) is 9.07. The highest BCUT2D eigenvalue weighted by atomic mass is 16.3.